The summed E-state index contributed by atoms with van der Waals surface area (Å²) < 4.78 is 42.2. The normalized spacial score (nSPS) is 9.98. The van der Waals surface area contributed by atoms with Gasteiger partial charge in [0, 0.05) is 55.5 Å². The molecule has 0 aliphatic heterocycles. The van der Waals surface area contributed by atoms with Crippen molar-refractivity contribution < 1.29 is 17.6 Å². The number of anilines is 1. The van der Waals surface area contributed by atoms with Crippen molar-refractivity contribution in [2.75, 3.05) is 5.73 Å². The van der Waals surface area contributed by atoms with Crippen LogP contribution in [0.2, 0.25) is 0 Å². The number of para-hydroxylation sites is 3. The molecule has 1 aliphatic rings. The average Bonchev–Trinajstić information content (AvgIpc) is 1.65. The molecular formula is C86H73BrF3N3OS. The summed E-state index contributed by atoms with van der Waals surface area (Å²) in [6, 6.07) is 88.0. The minimum atomic E-state index is -4.33. The Morgan fingerprint density at radius 1 is 0.442 bits per heavy atom. The fourth-order valence-electron chi connectivity index (χ4n) is 8.95. The maximum Gasteiger partial charge on any atom is 0.433 e. The van der Waals surface area contributed by atoms with Gasteiger partial charge in [0.1, 0.15) is 17.0 Å². The van der Waals surface area contributed by atoms with E-state index in [0.29, 0.717) is 5.69 Å². The molecule has 95 heavy (non-hydrogen) atoms. The van der Waals surface area contributed by atoms with Gasteiger partial charge < -0.3 is 10.2 Å². The van der Waals surface area contributed by atoms with Crippen molar-refractivity contribution in [1.29, 1.82) is 0 Å². The number of furan rings is 1. The van der Waals surface area contributed by atoms with Crippen LogP contribution in [0.3, 0.4) is 0 Å². The number of thiophene rings is 1. The van der Waals surface area contributed by atoms with Crippen LogP contribution in [-0.2, 0) is 12.6 Å². The van der Waals surface area contributed by atoms with E-state index in [0.717, 1.165) is 62.9 Å². The molecule has 0 bridgehead atoms. The van der Waals surface area contributed by atoms with E-state index in [4.69, 9.17) is 10.2 Å². The zero-order valence-corrected chi connectivity index (χ0v) is 56.9. The Morgan fingerprint density at radius 2 is 0.958 bits per heavy atom. The summed E-state index contributed by atoms with van der Waals surface area (Å²) in [5.41, 5.74) is 24.2. The van der Waals surface area contributed by atoms with Crippen LogP contribution in [0, 0.1) is 103 Å². The molecule has 4 aromatic heterocycles. The van der Waals surface area contributed by atoms with Gasteiger partial charge in [0.15, 0.2) is 0 Å². The molecule has 4 heterocycles. The molecule has 2 N–H and O–H groups in total. The SMILES string of the molecule is Cc1cc2ccccc2o1.Cc1ccc(Br)s1.Cc1ccc(C#CC#Cc2ccccc2)cc1.Cc1ccc(C#CC#Cc2ccccc2N)cc1.Cc1ccc(C(F)(F)F)nc1.Cc1ccc2c(c1)Cc1ccccc1-2.Cc1ccc2ccccc2n1.Cc1ccccc1. The lowest BCUT2D eigenvalue weighted by atomic mass is 10.0. The standard InChI is InChI=1S/C17H13N.C17H12.C14H12.C10H9N.C9H8O.C7H6F3N.C7H8.C5H5BrS/c1-14-10-12-15(13-11-14)6-2-3-7-16-8-4-5-9-17(16)18;1-15-11-13-17(14-12-15)10-6-5-9-16-7-3-2-4-8-16;1-10-6-7-14-12(8-10)9-11-4-2-3-5-13(11)14;1-8-6-7-9-4-2-3-5-10(9)11-8;1-7-6-8-4-2-3-5-9(8)10-7;1-5-2-3-6(11-4-5)7(8,9)10;1-7-5-3-2-4-6-7;1-4-2-3-5(6)7-4/h4-5,8-13H,18H2,1H3;2-4,7-8,11-14H,1H3;2-8H,9H2,1H3;2-7H,1H3;2-6H,1H3;2-4H,1H3;2-6H,1H3;2-3H,1H3. The van der Waals surface area contributed by atoms with Gasteiger partial charge in [0.25, 0.3) is 0 Å². The summed E-state index contributed by atoms with van der Waals surface area (Å²) in [5, 5.41) is 2.39. The van der Waals surface area contributed by atoms with Gasteiger partial charge >= 0.3 is 6.18 Å². The zero-order chi connectivity index (χ0) is 67.8. The van der Waals surface area contributed by atoms with E-state index in [9.17, 15) is 13.2 Å². The Bertz CT molecular complexity index is 4750. The van der Waals surface area contributed by atoms with Crippen LogP contribution in [0.1, 0.15) is 83.2 Å². The number of aryl methyl sites for hydroxylation is 8. The number of fused-ring (bicyclic) bond motifs is 5. The van der Waals surface area contributed by atoms with E-state index in [-0.39, 0.29) is 0 Å². The zero-order valence-electron chi connectivity index (χ0n) is 54.5. The molecule has 14 rings (SSSR count). The van der Waals surface area contributed by atoms with Gasteiger partial charge in [-0.15, -0.1) is 11.3 Å². The summed E-state index contributed by atoms with van der Waals surface area (Å²) in [5.74, 6) is 24.3. The molecular weight excluding hydrogens is 1260 g/mol. The number of alkyl halides is 3. The number of halogens is 4. The summed E-state index contributed by atoms with van der Waals surface area (Å²) in [6.45, 7) is 16.1. The molecule has 0 amide bonds. The Kier molecular flexibility index (Phi) is 28.3. The van der Waals surface area contributed by atoms with Gasteiger partial charge in [-0.05, 0) is 220 Å². The minimum Gasteiger partial charge on any atom is -0.461 e. The van der Waals surface area contributed by atoms with Crippen molar-refractivity contribution in [3.8, 4) is 58.5 Å². The highest BCUT2D eigenvalue weighted by Crippen LogP contribution is 2.36. The highest BCUT2D eigenvalue weighted by Gasteiger charge is 2.31. The summed E-state index contributed by atoms with van der Waals surface area (Å²) in [4.78, 5) is 8.95. The van der Waals surface area contributed by atoms with Crippen molar-refractivity contribution in [3.63, 3.8) is 0 Å². The summed E-state index contributed by atoms with van der Waals surface area (Å²) in [7, 11) is 0. The van der Waals surface area contributed by atoms with E-state index in [2.05, 4.69) is 199 Å². The Morgan fingerprint density at radius 3 is 1.52 bits per heavy atom. The molecule has 9 aromatic carbocycles. The molecule has 0 unspecified atom stereocenters. The van der Waals surface area contributed by atoms with Crippen LogP contribution in [-0.4, -0.2) is 9.97 Å². The van der Waals surface area contributed by atoms with Crippen LogP contribution in [0.25, 0.3) is 33.0 Å². The van der Waals surface area contributed by atoms with Crippen molar-refractivity contribution in [2.45, 2.75) is 68.0 Å². The quantitative estimate of drug-likeness (QED) is 0.121. The van der Waals surface area contributed by atoms with E-state index >= 15 is 0 Å². The molecule has 0 saturated carbocycles. The van der Waals surface area contributed by atoms with Gasteiger partial charge in [0.2, 0.25) is 0 Å². The number of nitrogen functional groups attached to an aromatic ring is 1. The largest absolute Gasteiger partial charge is 0.461 e. The van der Waals surface area contributed by atoms with Crippen molar-refractivity contribution in [1.82, 2.24) is 9.97 Å². The maximum absolute atomic E-state index is 11.9. The van der Waals surface area contributed by atoms with E-state index in [1.165, 1.54) is 76.2 Å². The van der Waals surface area contributed by atoms with Crippen LogP contribution < -0.4 is 5.73 Å². The first-order valence-corrected chi connectivity index (χ1v) is 32.2. The first-order chi connectivity index (χ1) is 45.8. The highest BCUT2D eigenvalue weighted by molar-refractivity contribution is 9.11. The second kappa shape index (κ2) is 37.6. The average molecular weight is 1330 g/mol. The molecule has 0 fully saturated rings. The lowest BCUT2D eigenvalue weighted by Crippen LogP contribution is -2.07. The third kappa shape index (κ3) is 25.6. The highest BCUT2D eigenvalue weighted by atomic mass is 79.9. The number of nitrogens with two attached hydrogens (primary N) is 1. The van der Waals surface area contributed by atoms with Crippen molar-refractivity contribution in [3.05, 3.63) is 360 Å². The number of benzene rings is 9. The lowest BCUT2D eigenvalue weighted by molar-refractivity contribution is -0.141. The van der Waals surface area contributed by atoms with Crippen LogP contribution >= 0.6 is 27.3 Å². The van der Waals surface area contributed by atoms with Gasteiger partial charge in [-0.1, -0.05) is 222 Å². The number of rotatable bonds is 0. The minimum absolute atomic E-state index is 0.683. The van der Waals surface area contributed by atoms with Crippen molar-refractivity contribution in [2.24, 2.45) is 0 Å². The molecule has 4 nitrogen and oxygen atoms in total. The van der Waals surface area contributed by atoms with Gasteiger partial charge in [-0.3, -0.25) is 9.97 Å². The maximum atomic E-state index is 11.9. The molecule has 9 heteroatoms. The number of hydrogen-bond acceptors (Lipinski definition) is 5. The molecule has 0 radical (unpaired) electrons. The van der Waals surface area contributed by atoms with E-state index in [1.54, 1.807) is 18.3 Å². The van der Waals surface area contributed by atoms with Crippen LogP contribution in [0.15, 0.2) is 281 Å². The van der Waals surface area contributed by atoms with Crippen LogP contribution in [0.5, 0.6) is 0 Å². The third-order valence-corrected chi connectivity index (χ3v) is 15.4. The molecule has 0 saturated heterocycles. The Balaban J connectivity index is 0.000000156. The predicted molar refractivity (Wildman–Crippen MR) is 396 cm³/mol. The Hall–Kier alpha value is -10.9. The predicted octanol–water partition coefficient (Wildman–Crippen LogP) is 22.5. The van der Waals surface area contributed by atoms with E-state index < -0.39 is 11.9 Å². The monoisotopic (exact) mass is 1330 g/mol. The topological polar surface area (TPSA) is 64.9 Å². The molecule has 0 spiro atoms. The van der Waals surface area contributed by atoms with Gasteiger partial charge in [-0.2, -0.15) is 13.2 Å². The second-order valence-electron chi connectivity index (χ2n) is 21.9. The Labute approximate surface area is 571 Å². The molecule has 1 aliphatic carbocycles. The number of pyridine rings is 2. The van der Waals surface area contributed by atoms with Gasteiger partial charge in [-0.25, -0.2) is 0 Å². The fourth-order valence-corrected chi connectivity index (χ4v) is 10.4. The molecule has 0 atom stereocenters. The van der Waals surface area contributed by atoms with Crippen molar-refractivity contribution >= 4 is 54.8 Å². The first kappa shape index (κ1) is 71.5. The van der Waals surface area contributed by atoms with Gasteiger partial charge in [0.05, 0.1) is 9.30 Å². The number of hydrogen-bond donors (Lipinski definition) is 1. The second-order valence-corrected chi connectivity index (χ2v) is 24.6. The van der Waals surface area contributed by atoms with E-state index in [1.807, 2.05) is 178 Å². The summed E-state index contributed by atoms with van der Waals surface area (Å²) in [6.07, 6.45) is -2.02. The fraction of sp³-hybridized carbons (Fsp3) is 0.116. The van der Waals surface area contributed by atoms with Crippen LogP contribution in [0.4, 0.5) is 18.9 Å². The lowest BCUT2D eigenvalue weighted by Gasteiger charge is -2.03. The molecule has 13 aromatic rings. The first-order valence-electron chi connectivity index (χ1n) is 30.6. The number of nitrogens with zero attached hydrogens (tertiary/aromatic N) is 2. The smallest absolute Gasteiger partial charge is 0.433 e. The summed E-state index contributed by atoms with van der Waals surface area (Å²) >= 11 is 5.11. The molecule has 472 valence electrons. The number of aromatic nitrogens is 2. The third-order valence-electron chi connectivity index (χ3n) is 13.9.